The van der Waals surface area contributed by atoms with Crippen LogP contribution in [0.4, 0.5) is 17.5 Å². The predicted octanol–water partition coefficient (Wildman–Crippen LogP) is 1.59. The highest BCUT2D eigenvalue weighted by molar-refractivity contribution is 5.97. The number of anilines is 3. The summed E-state index contributed by atoms with van der Waals surface area (Å²) in [5.41, 5.74) is 7.19. The molecule has 0 radical (unpaired) electrons. The molecular formula is C27H30N8O4. The Labute approximate surface area is 225 Å². The van der Waals surface area contributed by atoms with Crippen LogP contribution in [0.1, 0.15) is 44.0 Å². The number of morpholine rings is 1. The van der Waals surface area contributed by atoms with Crippen molar-refractivity contribution in [3.8, 4) is 0 Å². The van der Waals surface area contributed by atoms with Crippen molar-refractivity contribution in [3.05, 3.63) is 71.4 Å². The molecule has 12 heteroatoms. The highest BCUT2D eigenvalue weighted by atomic mass is 16.5. The molecule has 0 saturated carbocycles. The van der Waals surface area contributed by atoms with Crippen LogP contribution in [0.5, 0.6) is 0 Å². The van der Waals surface area contributed by atoms with Crippen LogP contribution in [0.2, 0.25) is 0 Å². The lowest BCUT2D eigenvalue weighted by atomic mass is 10.1. The number of nitrogens with zero attached hydrogens (tertiary/aromatic N) is 5. The molecule has 0 spiro atoms. The topological polar surface area (TPSA) is 156 Å². The number of nitrogens with two attached hydrogens (primary N) is 1. The number of primary amides is 1. The lowest BCUT2D eigenvalue weighted by molar-refractivity contribution is 0.0303. The van der Waals surface area contributed by atoms with Crippen LogP contribution in [0.3, 0.4) is 0 Å². The summed E-state index contributed by atoms with van der Waals surface area (Å²) < 4.78 is 5.31. The van der Waals surface area contributed by atoms with Crippen molar-refractivity contribution >= 4 is 35.2 Å². The van der Waals surface area contributed by atoms with Crippen LogP contribution in [0.15, 0.2) is 54.6 Å². The number of benzene rings is 2. The summed E-state index contributed by atoms with van der Waals surface area (Å²) in [6.07, 6.45) is 1.64. The fourth-order valence-corrected chi connectivity index (χ4v) is 4.62. The zero-order valence-corrected chi connectivity index (χ0v) is 21.4. The number of rotatable bonds is 7. The third-order valence-electron chi connectivity index (χ3n) is 6.68. The van der Waals surface area contributed by atoms with E-state index in [2.05, 4.69) is 25.8 Å². The Kier molecular flexibility index (Phi) is 7.92. The van der Waals surface area contributed by atoms with Gasteiger partial charge >= 0.3 is 0 Å². The van der Waals surface area contributed by atoms with Crippen molar-refractivity contribution in [3.63, 3.8) is 0 Å². The Bertz CT molecular complexity index is 1330. The van der Waals surface area contributed by atoms with Crippen LogP contribution in [0, 0.1) is 0 Å². The molecule has 3 heterocycles. The molecule has 2 fully saturated rings. The SMILES string of the molecule is NC(=O)c1nnc(N2CCCC(NC(=O)c3ccccc3)C2)nc1Nc1ccc(C(=O)N2CCOCC2)cc1. The summed E-state index contributed by atoms with van der Waals surface area (Å²) in [7, 11) is 0. The van der Waals surface area contributed by atoms with Gasteiger partial charge in [-0.25, -0.2) is 0 Å². The van der Waals surface area contributed by atoms with Gasteiger partial charge in [-0.15, -0.1) is 10.2 Å². The van der Waals surface area contributed by atoms with Gasteiger partial charge in [0.15, 0.2) is 11.5 Å². The van der Waals surface area contributed by atoms with Crippen LogP contribution in [-0.2, 0) is 4.74 Å². The third-order valence-corrected chi connectivity index (χ3v) is 6.68. The van der Waals surface area contributed by atoms with Gasteiger partial charge in [0.25, 0.3) is 17.7 Å². The minimum Gasteiger partial charge on any atom is -0.378 e. The van der Waals surface area contributed by atoms with Gasteiger partial charge in [-0.05, 0) is 49.2 Å². The minimum atomic E-state index is -0.769. The second-order valence-electron chi connectivity index (χ2n) is 9.40. The molecule has 39 heavy (non-hydrogen) atoms. The van der Waals surface area contributed by atoms with Crippen molar-refractivity contribution in [2.24, 2.45) is 5.73 Å². The highest BCUT2D eigenvalue weighted by Crippen LogP contribution is 2.23. The molecule has 202 valence electrons. The smallest absolute Gasteiger partial charge is 0.273 e. The van der Waals surface area contributed by atoms with E-state index in [0.29, 0.717) is 62.2 Å². The zero-order valence-electron chi connectivity index (χ0n) is 21.4. The summed E-state index contributed by atoms with van der Waals surface area (Å²) >= 11 is 0. The summed E-state index contributed by atoms with van der Waals surface area (Å²) in [5.74, 6) is -0.485. The predicted molar refractivity (Wildman–Crippen MR) is 144 cm³/mol. The molecule has 2 aromatic carbocycles. The van der Waals surface area contributed by atoms with E-state index in [0.717, 1.165) is 12.8 Å². The van der Waals surface area contributed by atoms with E-state index < -0.39 is 5.91 Å². The van der Waals surface area contributed by atoms with E-state index in [1.165, 1.54) is 0 Å². The molecule has 4 N–H and O–H groups in total. The van der Waals surface area contributed by atoms with Crippen LogP contribution < -0.4 is 21.3 Å². The quantitative estimate of drug-likeness (QED) is 0.413. The highest BCUT2D eigenvalue weighted by Gasteiger charge is 2.26. The monoisotopic (exact) mass is 530 g/mol. The number of nitrogens with one attached hydrogen (secondary N) is 2. The molecule has 0 bridgehead atoms. The molecule has 3 aromatic rings. The van der Waals surface area contributed by atoms with Crippen molar-refractivity contribution in [2.75, 3.05) is 49.6 Å². The molecule has 1 aromatic heterocycles. The standard InChI is InChI=1S/C27H30N8O4/c28-23(36)22-24(29-20-10-8-19(9-11-20)26(38)34-13-15-39-16-14-34)31-27(33-32-22)35-12-4-7-21(17-35)30-25(37)18-5-2-1-3-6-18/h1-3,5-6,8-11,21H,4,7,12-17H2,(H2,28,36)(H,30,37)(H,29,31,33). The van der Waals surface area contributed by atoms with E-state index in [9.17, 15) is 14.4 Å². The normalized spacial score (nSPS) is 17.4. The summed E-state index contributed by atoms with van der Waals surface area (Å²) in [6.45, 7) is 3.34. The first-order valence-corrected chi connectivity index (χ1v) is 12.9. The molecular weight excluding hydrogens is 500 g/mol. The van der Waals surface area contributed by atoms with Crippen molar-refractivity contribution in [2.45, 2.75) is 18.9 Å². The van der Waals surface area contributed by atoms with Gasteiger partial charge in [0.05, 0.1) is 13.2 Å². The third kappa shape index (κ3) is 6.29. The summed E-state index contributed by atoms with van der Waals surface area (Å²) in [4.78, 5) is 45.6. The maximum Gasteiger partial charge on any atom is 0.273 e. The first-order chi connectivity index (χ1) is 19.0. The first kappa shape index (κ1) is 26.0. The van der Waals surface area contributed by atoms with Crippen LogP contribution in [0.25, 0.3) is 0 Å². The number of ether oxygens (including phenoxy) is 1. The molecule has 12 nitrogen and oxygen atoms in total. The molecule has 2 aliphatic rings. The summed E-state index contributed by atoms with van der Waals surface area (Å²) in [5, 5.41) is 14.3. The van der Waals surface area contributed by atoms with Gasteiger partial charge in [-0.2, -0.15) is 4.98 Å². The second kappa shape index (κ2) is 11.9. The molecule has 1 atom stereocenters. The number of hydrogen-bond acceptors (Lipinski definition) is 9. The second-order valence-corrected chi connectivity index (χ2v) is 9.40. The van der Waals surface area contributed by atoms with Crippen molar-refractivity contribution < 1.29 is 19.1 Å². The van der Waals surface area contributed by atoms with Crippen molar-refractivity contribution in [1.29, 1.82) is 0 Å². The van der Waals surface area contributed by atoms with Crippen LogP contribution in [-0.4, -0.2) is 83.2 Å². The van der Waals surface area contributed by atoms with Gasteiger partial charge in [0.1, 0.15) is 0 Å². The van der Waals surface area contributed by atoms with E-state index in [1.54, 1.807) is 41.3 Å². The molecule has 2 aliphatic heterocycles. The average molecular weight is 531 g/mol. The molecule has 2 saturated heterocycles. The first-order valence-electron chi connectivity index (χ1n) is 12.9. The molecule has 0 aliphatic carbocycles. The van der Waals surface area contributed by atoms with E-state index in [-0.39, 0.29) is 29.4 Å². The molecule has 5 rings (SSSR count). The van der Waals surface area contributed by atoms with Crippen molar-refractivity contribution in [1.82, 2.24) is 25.4 Å². The fourth-order valence-electron chi connectivity index (χ4n) is 4.62. The van der Waals surface area contributed by atoms with E-state index in [4.69, 9.17) is 10.5 Å². The van der Waals surface area contributed by atoms with Gasteiger partial charge < -0.3 is 30.9 Å². The van der Waals surface area contributed by atoms with Gasteiger partial charge in [0, 0.05) is 49.0 Å². The number of piperidine rings is 1. The largest absolute Gasteiger partial charge is 0.378 e. The molecule has 1 unspecified atom stereocenters. The zero-order chi connectivity index (χ0) is 27.2. The lowest BCUT2D eigenvalue weighted by Crippen LogP contribution is -2.48. The number of aromatic nitrogens is 3. The van der Waals surface area contributed by atoms with Crippen LogP contribution >= 0.6 is 0 Å². The fraction of sp³-hybridized carbons (Fsp3) is 0.333. The summed E-state index contributed by atoms with van der Waals surface area (Å²) in [6, 6.07) is 15.9. The van der Waals surface area contributed by atoms with Gasteiger partial charge in [0.2, 0.25) is 5.95 Å². The molecule has 3 amide bonds. The Balaban J connectivity index is 1.29. The Morgan fingerprint density at radius 3 is 2.38 bits per heavy atom. The minimum absolute atomic E-state index is 0.0623. The Morgan fingerprint density at radius 1 is 0.923 bits per heavy atom. The Hall–Kier alpha value is -4.58. The number of carbonyl (C=O) groups is 3. The van der Waals surface area contributed by atoms with E-state index >= 15 is 0 Å². The maximum absolute atomic E-state index is 12.7. The lowest BCUT2D eigenvalue weighted by Gasteiger charge is -2.33. The van der Waals surface area contributed by atoms with Gasteiger partial charge in [-0.3, -0.25) is 14.4 Å². The average Bonchev–Trinajstić information content (AvgIpc) is 2.98. The Morgan fingerprint density at radius 2 is 1.67 bits per heavy atom. The maximum atomic E-state index is 12.7. The van der Waals surface area contributed by atoms with Gasteiger partial charge in [-0.1, -0.05) is 18.2 Å². The number of hydrogen-bond donors (Lipinski definition) is 3. The number of amides is 3. The number of carbonyl (C=O) groups excluding carboxylic acids is 3. The van der Waals surface area contributed by atoms with E-state index in [1.807, 2.05) is 23.1 Å².